The van der Waals surface area contributed by atoms with Gasteiger partial charge >= 0.3 is 5.97 Å². The van der Waals surface area contributed by atoms with Crippen LogP contribution in [-0.4, -0.2) is 22.3 Å². The molecule has 0 fully saturated rings. The molecule has 2 aromatic rings. The summed E-state index contributed by atoms with van der Waals surface area (Å²) < 4.78 is 0. The summed E-state index contributed by atoms with van der Waals surface area (Å²) in [4.78, 5) is 14.9. The fourth-order valence-corrected chi connectivity index (χ4v) is 1.92. The Labute approximate surface area is 108 Å². The van der Waals surface area contributed by atoms with Crippen LogP contribution in [0.1, 0.15) is 21.6 Å². The number of hydrazone groups is 1. The Kier molecular flexibility index (Phi) is 3.69. The van der Waals surface area contributed by atoms with Gasteiger partial charge < -0.3 is 5.11 Å². The van der Waals surface area contributed by atoms with E-state index in [0.717, 1.165) is 16.4 Å². The standard InChI is InChI=1S/C12H11N3O2S/c1-8-7-18-12(14-8)15-13-6-9-2-4-10(5-3-9)11(16)17/h2-7H,1H3,(H,14,15)(H,16,17)/b13-6+. The number of hydrogen-bond acceptors (Lipinski definition) is 5. The first-order valence-electron chi connectivity index (χ1n) is 5.20. The number of aromatic carboxylic acids is 1. The average molecular weight is 261 g/mol. The minimum Gasteiger partial charge on any atom is -0.478 e. The first kappa shape index (κ1) is 12.3. The van der Waals surface area contributed by atoms with Gasteiger partial charge in [0, 0.05) is 5.38 Å². The van der Waals surface area contributed by atoms with Crippen LogP contribution in [0.3, 0.4) is 0 Å². The largest absolute Gasteiger partial charge is 0.478 e. The van der Waals surface area contributed by atoms with E-state index in [9.17, 15) is 4.79 Å². The van der Waals surface area contributed by atoms with Gasteiger partial charge in [-0.2, -0.15) is 5.10 Å². The lowest BCUT2D eigenvalue weighted by atomic mass is 10.1. The molecular formula is C12H11N3O2S. The number of aryl methyl sites for hydroxylation is 1. The molecular weight excluding hydrogens is 250 g/mol. The van der Waals surface area contributed by atoms with Crippen molar-refractivity contribution >= 4 is 28.7 Å². The van der Waals surface area contributed by atoms with Gasteiger partial charge in [0.05, 0.1) is 17.5 Å². The number of benzene rings is 1. The van der Waals surface area contributed by atoms with Crippen LogP contribution in [0.2, 0.25) is 0 Å². The van der Waals surface area contributed by atoms with Gasteiger partial charge in [0.2, 0.25) is 5.13 Å². The molecule has 1 aromatic carbocycles. The predicted molar refractivity (Wildman–Crippen MR) is 71.5 cm³/mol. The number of aromatic nitrogens is 1. The molecule has 0 aliphatic carbocycles. The quantitative estimate of drug-likeness (QED) is 0.655. The van der Waals surface area contributed by atoms with E-state index in [1.165, 1.54) is 23.5 Å². The second kappa shape index (κ2) is 5.42. The molecule has 1 heterocycles. The Morgan fingerprint density at radius 2 is 2.17 bits per heavy atom. The van der Waals surface area contributed by atoms with Crippen molar-refractivity contribution < 1.29 is 9.90 Å². The Morgan fingerprint density at radius 3 is 2.72 bits per heavy atom. The van der Waals surface area contributed by atoms with Crippen LogP contribution in [0.5, 0.6) is 0 Å². The molecule has 92 valence electrons. The normalized spacial score (nSPS) is 10.7. The van der Waals surface area contributed by atoms with Gasteiger partial charge in [-0.15, -0.1) is 11.3 Å². The zero-order valence-electron chi connectivity index (χ0n) is 9.62. The zero-order chi connectivity index (χ0) is 13.0. The van der Waals surface area contributed by atoms with Gasteiger partial charge in [0.1, 0.15) is 0 Å². The summed E-state index contributed by atoms with van der Waals surface area (Å²) in [5, 5.41) is 15.4. The van der Waals surface area contributed by atoms with Gasteiger partial charge in [-0.1, -0.05) is 12.1 Å². The summed E-state index contributed by atoms with van der Waals surface area (Å²) in [6.07, 6.45) is 1.61. The van der Waals surface area contributed by atoms with Crippen molar-refractivity contribution in [3.05, 3.63) is 46.5 Å². The smallest absolute Gasteiger partial charge is 0.335 e. The van der Waals surface area contributed by atoms with Gasteiger partial charge in [-0.3, -0.25) is 5.43 Å². The molecule has 0 aliphatic rings. The van der Waals surface area contributed by atoms with Gasteiger partial charge in [0.25, 0.3) is 0 Å². The van der Waals surface area contributed by atoms with Crippen LogP contribution in [0.4, 0.5) is 5.13 Å². The third-order valence-electron chi connectivity index (χ3n) is 2.15. The molecule has 0 atom stereocenters. The highest BCUT2D eigenvalue weighted by Gasteiger charge is 2.00. The van der Waals surface area contributed by atoms with E-state index >= 15 is 0 Å². The highest BCUT2D eigenvalue weighted by molar-refractivity contribution is 7.13. The van der Waals surface area contributed by atoms with Crippen LogP contribution >= 0.6 is 11.3 Å². The molecule has 5 nitrogen and oxygen atoms in total. The number of thiazole rings is 1. The molecule has 0 bridgehead atoms. The third kappa shape index (κ3) is 3.14. The number of rotatable bonds is 4. The molecule has 0 saturated carbocycles. The van der Waals surface area contributed by atoms with Gasteiger partial charge in [-0.05, 0) is 24.6 Å². The van der Waals surface area contributed by atoms with Crippen molar-refractivity contribution in [1.82, 2.24) is 4.98 Å². The Balaban J connectivity index is 1.98. The molecule has 0 radical (unpaired) electrons. The second-order valence-corrected chi connectivity index (χ2v) is 4.45. The SMILES string of the molecule is Cc1csc(N/N=C/c2ccc(C(=O)O)cc2)n1. The maximum Gasteiger partial charge on any atom is 0.335 e. The fraction of sp³-hybridized carbons (Fsp3) is 0.0833. The molecule has 18 heavy (non-hydrogen) atoms. The minimum absolute atomic E-state index is 0.260. The number of hydrogen-bond donors (Lipinski definition) is 2. The zero-order valence-corrected chi connectivity index (χ0v) is 10.4. The van der Waals surface area contributed by atoms with Gasteiger partial charge in [0.15, 0.2) is 0 Å². The number of anilines is 1. The van der Waals surface area contributed by atoms with Crippen LogP contribution in [0.15, 0.2) is 34.7 Å². The Hall–Kier alpha value is -2.21. The second-order valence-electron chi connectivity index (χ2n) is 3.59. The van der Waals surface area contributed by atoms with E-state index in [-0.39, 0.29) is 5.56 Å². The van der Waals surface area contributed by atoms with Crippen molar-refractivity contribution in [2.75, 3.05) is 5.43 Å². The summed E-state index contributed by atoms with van der Waals surface area (Å²) in [5.41, 5.74) is 4.84. The lowest BCUT2D eigenvalue weighted by molar-refractivity contribution is 0.0697. The van der Waals surface area contributed by atoms with E-state index in [4.69, 9.17) is 5.11 Å². The Bertz CT molecular complexity index is 575. The number of carboxylic acids is 1. The summed E-state index contributed by atoms with van der Waals surface area (Å²) in [6.45, 7) is 1.91. The van der Waals surface area contributed by atoms with Gasteiger partial charge in [-0.25, -0.2) is 9.78 Å². The predicted octanol–water partition coefficient (Wildman–Crippen LogP) is 2.60. The van der Waals surface area contributed by atoms with Crippen LogP contribution in [-0.2, 0) is 0 Å². The number of carboxylic acid groups (broad SMARTS) is 1. The van der Waals surface area contributed by atoms with Crippen LogP contribution in [0, 0.1) is 6.92 Å². The molecule has 0 saturated heterocycles. The third-order valence-corrected chi connectivity index (χ3v) is 3.02. The van der Waals surface area contributed by atoms with Crippen molar-refractivity contribution in [2.24, 2.45) is 5.10 Å². The molecule has 0 amide bonds. The molecule has 2 rings (SSSR count). The monoisotopic (exact) mass is 261 g/mol. The van der Waals surface area contributed by atoms with Crippen molar-refractivity contribution in [1.29, 1.82) is 0 Å². The molecule has 0 unspecified atom stereocenters. The van der Waals surface area contributed by atoms with E-state index < -0.39 is 5.97 Å². The topological polar surface area (TPSA) is 74.6 Å². The summed E-state index contributed by atoms with van der Waals surface area (Å²) in [5.74, 6) is -0.935. The minimum atomic E-state index is -0.935. The number of nitrogens with one attached hydrogen (secondary N) is 1. The van der Waals surface area contributed by atoms with E-state index in [1.807, 2.05) is 12.3 Å². The number of nitrogens with zero attached hydrogens (tertiary/aromatic N) is 2. The van der Waals surface area contributed by atoms with Crippen molar-refractivity contribution in [3.8, 4) is 0 Å². The van der Waals surface area contributed by atoms with E-state index in [1.54, 1.807) is 18.3 Å². The lowest BCUT2D eigenvalue weighted by Crippen LogP contribution is -1.96. The first-order valence-corrected chi connectivity index (χ1v) is 6.07. The molecule has 1 aromatic heterocycles. The maximum absolute atomic E-state index is 10.7. The molecule has 6 heteroatoms. The number of carbonyl (C=O) groups is 1. The van der Waals surface area contributed by atoms with Crippen molar-refractivity contribution in [3.63, 3.8) is 0 Å². The fourth-order valence-electron chi connectivity index (χ4n) is 1.28. The van der Waals surface area contributed by atoms with E-state index in [0.29, 0.717) is 0 Å². The average Bonchev–Trinajstić information content (AvgIpc) is 2.76. The van der Waals surface area contributed by atoms with E-state index in [2.05, 4.69) is 15.5 Å². The molecule has 0 aliphatic heterocycles. The first-order chi connectivity index (χ1) is 8.65. The highest BCUT2D eigenvalue weighted by atomic mass is 32.1. The van der Waals surface area contributed by atoms with Crippen LogP contribution in [0.25, 0.3) is 0 Å². The summed E-state index contributed by atoms with van der Waals surface area (Å²) >= 11 is 1.48. The molecule has 0 spiro atoms. The Morgan fingerprint density at radius 1 is 1.44 bits per heavy atom. The molecule has 2 N–H and O–H groups in total. The maximum atomic E-state index is 10.7. The lowest BCUT2D eigenvalue weighted by Gasteiger charge is -1.96. The summed E-state index contributed by atoms with van der Waals surface area (Å²) in [7, 11) is 0. The van der Waals surface area contributed by atoms with Crippen molar-refractivity contribution in [2.45, 2.75) is 6.92 Å². The highest BCUT2D eigenvalue weighted by Crippen LogP contribution is 2.13. The van der Waals surface area contributed by atoms with Crippen LogP contribution < -0.4 is 5.43 Å². The summed E-state index contributed by atoms with van der Waals surface area (Å²) in [6, 6.07) is 6.47.